The fraction of sp³-hybridized carbons (Fsp3) is 0.953. The Hall–Kier alpha value is -1.94. The minimum atomic E-state index is -4.97. The minimum Gasteiger partial charge on any atom is -0.462 e. The zero-order valence-corrected chi connectivity index (χ0v) is 70.3. The van der Waals surface area contributed by atoms with Gasteiger partial charge in [-0.05, 0) is 43.4 Å². The molecule has 0 aliphatic heterocycles. The number of phosphoric acid groups is 2. The number of unbranched alkanes of at least 4 members (excludes halogenated alkanes) is 50. The van der Waals surface area contributed by atoms with Crippen molar-refractivity contribution < 1.29 is 80.2 Å². The van der Waals surface area contributed by atoms with Crippen LogP contribution in [0.15, 0.2) is 0 Å². The third-order valence-corrected chi connectivity index (χ3v) is 22.1. The third kappa shape index (κ3) is 76.8. The average Bonchev–Trinajstić information content (AvgIpc) is 0.924. The lowest BCUT2D eigenvalue weighted by molar-refractivity contribution is -0.161. The summed E-state index contributed by atoms with van der Waals surface area (Å²) >= 11 is 0. The topological polar surface area (TPSA) is 237 Å². The van der Waals surface area contributed by atoms with Crippen molar-refractivity contribution in [1.29, 1.82) is 0 Å². The zero-order valence-electron chi connectivity index (χ0n) is 68.5. The molecule has 0 fully saturated rings. The molecule has 0 aliphatic carbocycles. The molecule has 0 saturated heterocycles. The van der Waals surface area contributed by atoms with Gasteiger partial charge in [0.25, 0.3) is 0 Å². The molecule has 3 unspecified atom stereocenters. The van der Waals surface area contributed by atoms with E-state index in [9.17, 15) is 43.2 Å². The maximum Gasteiger partial charge on any atom is 0.472 e. The first kappa shape index (κ1) is 102. The molecule has 0 radical (unpaired) electrons. The van der Waals surface area contributed by atoms with Crippen LogP contribution in [0.5, 0.6) is 0 Å². The van der Waals surface area contributed by atoms with Crippen LogP contribution >= 0.6 is 15.6 Å². The number of hydrogen-bond donors (Lipinski definition) is 3. The number of hydrogen-bond acceptors (Lipinski definition) is 15. The molecule has 0 saturated carbocycles. The van der Waals surface area contributed by atoms with Crippen molar-refractivity contribution in [3.8, 4) is 0 Å². The first-order valence-corrected chi connectivity index (χ1v) is 46.9. The normalized spacial score (nSPS) is 14.2. The molecule has 0 spiro atoms. The van der Waals surface area contributed by atoms with Crippen LogP contribution in [0, 0.1) is 17.8 Å². The highest BCUT2D eigenvalue weighted by molar-refractivity contribution is 7.47. The molecule has 618 valence electrons. The number of esters is 4. The van der Waals surface area contributed by atoms with Gasteiger partial charge in [0.2, 0.25) is 0 Å². The van der Waals surface area contributed by atoms with Crippen LogP contribution in [0.25, 0.3) is 0 Å². The Labute approximate surface area is 638 Å². The minimum absolute atomic E-state index is 0.107. The smallest absolute Gasteiger partial charge is 0.462 e. The van der Waals surface area contributed by atoms with Crippen molar-refractivity contribution in [2.24, 2.45) is 17.8 Å². The predicted molar refractivity (Wildman–Crippen MR) is 428 cm³/mol. The first-order valence-electron chi connectivity index (χ1n) is 43.9. The summed E-state index contributed by atoms with van der Waals surface area (Å²) in [4.78, 5) is 73.2. The van der Waals surface area contributed by atoms with Crippen molar-refractivity contribution in [2.45, 2.75) is 465 Å². The van der Waals surface area contributed by atoms with Crippen molar-refractivity contribution >= 4 is 39.5 Å². The molecule has 0 rings (SSSR count). The van der Waals surface area contributed by atoms with E-state index in [1.165, 1.54) is 257 Å². The van der Waals surface area contributed by atoms with E-state index in [4.69, 9.17) is 37.0 Å². The summed E-state index contributed by atoms with van der Waals surface area (Å²) in [6.07, 6.45) is 65.2. The van der Waals surface area contributed by atoms with E-state index in [0.29, 0.717) is 25.7 Å². The SMILES string of the molecule is CCCCCCCCCCCCCCCCC(=O)O[C@H](COC(=O)CCCCCCCCCCC(C)C)COP(=O)(O)OC[C@H](O)COP(=O)(O)OC[C@@H](COC(=O)CCCCCCCCCCCCCCCCC(C)CC)OC(=O)CCCCCCCCCCCCCCCCCCCCC(C)C. The lowest BCUT2D eigenvalue weighted by Crippen LogP contribution is -2.30. The largest absolute Gasteiger partial charge is 0.472 e. The highest BCUT2D eigenvalue weighted by Gasteiger charge is 2.30. The van der Waals surface area contributed by atoms with Crippen LogP contribution < -0.4 is 0 Å². The predicted octanol–water partition coefficient (Wildman–Crippen LogP) is 25.7. The number of phosphoric ester groups is 2. The molecule has 0 amide bonds. The summed E-state index contributed by atoms with van der Waals surface area (Å²) in [5.41, 5.74) is 0. The van der Waals surface area contributed by atoms with Crippen LogP contribution in [0.3, 0.4) is 0 Å². The van der Waals surface area contributed by atoms with Crippen molar-refractivity contribution in [3.05, 3.63) is 0 Å². The molecular weight excluding hydrogens is 1350 g/mol. The molecule has 0 aromatic rings. The summed E-state index contributed by atoms with van der Waals surface area (Å²) in [5, 5.41) is 10.7. The van der Waals surface area contributed by atoms with Gasteiger partial charge >= 0.3 is 39.5 Å². The van der Waals surface area contributed by atoms with Gasteiger partial charge in [-0.25, -0.2) is 9.13 Å². The average molecular weight is 1520 g/mol. The number of carbonyl (C=O) groups excluding carboxylic acids is 4. The Morgan fingerprint density at radius 1 is 0.279 bits per heavy atom. The van der Waals surface area contributed by atoms with Gasteiger partial charge in [-0.1, -0.05) is 395 Å². The van der Waals surface area contributed by atoms with Crippen LogP contribution in [0.1, 0.15) is 447 Å². The Morgan fingerprint density at radius 2 is 0.490 bits per heavy atom. The number of ether oxygens (including phenoxy) is 4. The van der Waals surface area contributed by atoms with Crippen molar-refractivity contribution in [3.63, 3.8) is 0 Å². The molecule has 0 aromatic heterocycles. The third-order valence-electron chi connectivity index (χ3n) is 20.2. The highest BCUT2D eigenvalue weighted by atomic mass is 31.2. The van der Waals surface area contributed by atoms with E-state index in [1.807, 2.05) is 0 Å². The molecule has 0 heterocycles. The lowest BCUT2D eigenvalue weighted by atomic mass is 9.99. The number of rotatable bonds is 83. The van der Waals surface area contributed by atoms with Gasteiger partial charge in [-0.2, -0.15) is 0 Å². The van der Waals surface area contributed by atoms with Gasteiger partial charge in [-0.15, -0.1) is 0 Å². The summed E-state index contributed by atoms with van der Waals surface area (Å²) in [7, 11) is -9.93. The standard InChI is InChI=1S/C85H166O17P2/c1-8-10-11-12-13-14-15-16-27-33-38-47-54-61-68-84(89)102-81(73-96-83(88)67-60-53-46-41-40-43-50-57-64-77(5)6)75-100-104(93,94)98-71-79(86)70-97-103(91,92)99-74-80(72-95-82(87)66-59-52-45-37-32-28-24-23-26-31-36-44-51-58-65-78(7)9-2)101-85(90)69-62-55-48-39-34-29-22-20-18-17-19-21-25-30-35-42-49-56-63-76(3)4/h76-81,86H,8-75H2,1-7H3,(H,91,92)(H,93,94)/t78?,79-,80-,81-/m1/s1. The lowest BCUT2D eigenvalue weighted by Gasteiger charge is -2.21. The van der Waals surface area contributed by atoms with E-state index < -0.39 is 97.5 Å². The maximum absolute atomic E-state index is 13.1. The second-order valence-electron chi connectivity index (χ2n) is 31.8. The second kappa shape index (κ2) is 75.1. The van der Waals surface area contributed by atoms with Gasteiger partial charge in [0.05, 0.1) is 26.4 Å². The molecular formula is C85H166O17P2. The number of carbonyl (C=O) groups is 4. The van der Waals surface area contributed by atoms with Crippen molar-refractivity contribution in [1.82, 2.24) is 0 Å². The summed E-state index contributed by atoms with van der Waals surface area (Å²) < 4.78 is 68.9. The second-order valence-corrected chi connectivity index (χ2v) is 34.7. The molecule has 6 atom stereocenters. The molecule has 0 aliphatic rings. The van der Waals surface area contributed by atoms with E-state index in [0.717, 1.165) is 108 Å². The highest BCUT2D eigenvalue weighted by Crippen LogP contribution is 2.45. The molecule has 104 heavy (non-hydrogen) atoms. The summed E-state index contributed by atoms with van der Waals surface area (Å²) in [6.45, 7) is 12.0. The number of aliphatic hydroxyl groups is 1. The zero-order chi connectivity index (χ0) is 76.5. The van der Waals surface area contributed by atoms with E-state index >= 15 is 0 Å². The quantitative estimate of drug-likeness (QED) is 0.0222. The van der Waals surface area contributed by atoms with Crippen LogP contribution in [-0.4, -0.2) is 96.7 Å². The maximum atomic E-state index is 13.1. The van der Waals surface area contributed by atoms with Crippen LogP contribution in [0.4, 0.5) is 0 Å². The molecule has 0 aromatic carbocycles. The first-order chi connectivity index (χ1) is 50.3. The Morgan fingerprint density at radius 3 is 0.731 bits per heavy atom. The van der Waals surface area contributed by atoms with Gasteiger partial charge in [0, 0.05) is 25.7 Å². The molecule has 0 bridgehead atoms. The monoisotopic (exact) mass is 1520 g/mol. The van der Waals surface area contributed by atoms with Gasteiger partial charge in [-0.3, -0.25) is 37.3 Å². The van der Waals surface area contributed by atoms with Crippen LogP contribution in [0.2, 0.25) is 0 Å². The Bertz CT molecular complexity index is 2010. The Kier molecular flexibility index (Phi) is 73.7. The van der Waals surface area contributed by atoms with Gasteiger partial charge in [0.15, 0.2) is 12.2 Å². The summed E-state index contributed by atoms with van der Waals surface area (Å²) in [5.74, 6) is 0.292. The van der Waals surface area contributed by atoms with E-state index in [-0.39, 0.29) is 25.7 Å². The van der Waals surface area contributed by atoms with Gasteiger partial charge < -0.3 is 33.8 Å². The van der Waals surface area contributed by atoms with E-state index in [1.54, 1.807) is 0 Å². The van der Waals surface area contributed by atoms with Gasteiger partial charge in [0.1, 0.15) is 19.3 Å². The summed E-state index contributed by atoms with van der Waals surface area (Å²) in [6, 6.07) is 0. The molecule has 3 N–H and O–H groups in total. The van der Waals surface area contributed by atoms with Crippen molar-refractivity contribution in [2.75, 3.05) is 39.6 Å². The molecule has 17 nitrogen and oxygen atoms in total. The fourth-order valence-corrected chi connectivity index (χ4v) is 14.7. The van der Waals surface area contributed by atoms with Crippen LogP contribution in [-0.2, 0) is 65.4 Å². The molecule has 19 heteroatoms. The van der Waals surface area contributed by atoms with E-state index in [2.05, 4.69) is 48.5 Å². The fourth-order valence-electron chi connectivity index (χ4n) is 13.2. The Balaban J connectivity index is 5.24. The number of aliphatic hydroxyl groups excluding tert-OH is 1.